The Labute approximate surface area is 170 Å². The second-order valence-electron chi connectivity index (χ2n) is 7.27. The molecule has 0 fully saturated rings. The minimum absolute atomic E-state index is 0.258. The van der Waals surface area contributed by atoms with Crippen LogP contribution < -0.4 is 10.8 Å². The van der Waals surface area contributed by atoms with E-state index in [0.717, 1.165) is 45.9 Å². The molecule has 2 aromatic heterocycles. The monoisotopic (exact) mass is 384 g/mol. The molecule has 1 unspecified atom stereocenters. The molecular formula is C22H18BClN4. The number of benzene rings is 2. The van der Waals surface area contributed by atoms with Gasteiger partial charge in [0, 0.05) is 30.2 Å². The molecule has 1 N–H and O–H groups in total. The second-order valence-corrected chi connectivity index (χ2v) is 7.67. The van der Waals surface area contributed by atoms with Crippen molar-refractivity contribution in [3.63, 3.8) is 0 Å². The van der Waals surface area contributed by atoms with Gasteiger partial charge in [0.15, 0.2) is 5.65 Å². The number of nitrogens with one attached hydrogen (secondary N) is 1. The van der Waals surface area contributed by atoms with Crippen molar-refractivity contribution in [2.45, 2.75) is 19.4 Å². The van der Waals surface area contributed by atoms with Crippen molar-refractivity contribution in [3.05, 3.63) is 82.3 Å². The predicted octanol–water partition coefficient (Wildman–Crippen LogP) is 3.39. The fraction of sp³-hybridized carbons (Fsp3) is 0.182. The number of nitrogens with zero attached hydrogens (tertiary/aromatic N) is 3. The van der Waals surface area contributed by atoms with Crippen molar-refractivity contribution < 1.29 is 0 Å². The molecule has 6 heteroatoms. The summed E-state index contributed by atoms with van der Waals surface area (Å²) in [5, 5.41) is 8.56. The van der Waals surface area contributed by atoms with Crippen molar-refractivity contribution in [3.8, 4) is 11.1 Å². The summed E-state index contributed by atoms with van der Waals surface area (Å²) >= 11 is 6.22. The predicted molar refractivity (Wildman–Crippen MR) is 114 cm³/mol. The number of halogens is 1. The molecule has 0 spiro atoms. The summed E-state index contributed by atoms with van der Waals surface area (Å²) in [6.45, 7) is 3.70. The van der Waals surface area contributed by atoms with Crippen LogP contribution in [-0.4, -0.2) is 29.0 Å². The van der Waals surface area contributed by atoms with Crippen LogP contribution in [0.2, 0.25) is 5.02 Å². The zero-order valence-corrected chi connectivity index (χ0v) is 16.2. The van der Waals surface area contributed by atoms with E-state index in [1.165, 1.54) is 16.7 Å². The molecule has 1 aliphatic rings. The van der Waals surface area contributed by atoms with Gasteiger partial charge in [-0.05, 0) is 58.5 Å². The zero-order chi connectivity index (χ0) is 19.3. The molecule has 1 aliphatic heterocycles. The van der Waals surface area contributed by atoms with Crippen molar-refractivity contribution in [1.82, 2.24) is 19.9 Å². The Morgan fingerprint density at radius 1 is 1.18 bits per heavy atom. The van der Waals surface area contributed by atoms with Crippen LogP contribution >= 0.6 is 11.6 Å². The lowest BCUT2D eigenvalue weighted by Gasteiger charge is -2.30. The molecule has 0 aliphatic carbocycles. The normalized spacial score (nSPS) is 16.3. The van der Waals surface area contributed by atoms with E-state index in [1.807, 2.05) is 31.3 Å². The van der Waals surface area contributed by atoms with E-state index in [0.29, 0.717) is 0 Å². The summed E-state index contributed by atoms with van der Waals surface area (Å²) in [7, 11) is 6.64. The highest BCUT2D eigenvalue weighted by Gasteiger charge is 2.24. The van der Waals surface area contributed by atoms with Crippen LogP contribution in [0.3, 0.4) is 0 Å². The molecule has 2 radical (unpaired) electrons. The molecule has 136 valence electrons. The van der Waals surface area contributed by atoms with Crippen LogP contribution in [0.4, 0.5) is 0 Å². The topological polar surface area (TPSA) is 42.2 Å². The summed E-state index contributed by atoms with van der Waals surface area (Å²) in [5.74, 6) is 0.258. The third-order valence-electron chi connectivity index (χ3n) is 5.59. The first kappa shape index (κ1) is 17.5. The molecule has 28 heavy (non-hydrogen) atoms. The summed E-state index contributed by atoms with van der Waals surface area (Å²) in [6.07, 6.45) is 3.52. The molecule has 0 amide bonds. The highest BCUT2D eigenvalue weighted by Crippen LogP contribution is 2.33. The number of fused-ring (bicyclic) bond motifs is 2. The Morgan fingerprint density at radius 3 is 2.93 bits per heavy atom. The van der Waals surface area contributed by atoms with E-state index >= 15 is 0 Å². The standard InChI is InChI=1S/C22H18BClN4/c1-13-8-14(2-6-20(13)24)18-9-25-10-19-17(18)5-4-16(22(19)23)15-3-7-21-26-12-27-28(21)11-15/h2-8,11-12,18,25H,9-10H2,1H3. The lowest BCUT2D eigenvalue weighted by molar-refractivity contribution is 0.593. The third-order valence-corrected chi connectivity index (χ3v) is 6.01. The molecule has 2 aromatic carbocycles. The highest BCUT2D eigenvalue weighted by molar-refractivity contribution is 6.37. The van der Waals surface area contributed by atoms with Crippen LogP contribution in [-0.2, 0) is 6.54 Å². The van der Waals surface area contributed by atoms with Gasteiger partial charge < -0.3 is 5.32 Å². The fourth-order valence-corrected chi connectivity index (χ4v) is 4.18. The maximum Gasteiger partial charge on any atom is 0.155 e. The highest BCUT2D eigenvalue weighted by atomic mass is 35.5. The average Bonchev–Trinajstić information content (AvgIpc) is 3.18. The Morgan fingerprint density at radius 2 is 2.07 bits per heavy atom. The van der Waals surface area contributed by atoms with Gasteiger partial charge in [0.1, 0.15) is 14.2 Å². The van der Waals surface area contributed by atoms with Gasteiger partial charge in [-0.1, -0.05) is 41.3 Å². The van der Waals surface area contributed by atoms with Crippen LogP contribution in [0.1, 0.15) is 28.2 Å². The average molecular weight is 385 g/mol. The van der Waals surface area contributed by atoms with Gasteiger partial charge >= 0.3 is 0 Å². The first-order valence-electron chi connectivity index (χ1n) is 9.29. The quantitative estimate of drug-likeness (QED) is 0.539. The summed E-state index contributed by atoms with van der Waals surface area (Å²) in [6, 6.07) is 14.6. The third kappa shape index (κ3) is 2.82. The van der Waals surface area contributed by atoms with Gasteiger partial charge in [-0.2, -0.15) is 5.10 Å². The Kier molecular flexibility index (Phi) is 4.22. The summed E-state index contributed by atoms with van der Waals surface area (Å²) in [5.41, 5.74) is 8.49. The van der Waals surface area contributed by atoms with E-state index in [9.17, 15) is 0 Å². The number of aromatic nitrogens is 3. The molecule has 0 bridgehead atoms. The molecule has 3 heterocycles. The van der Waals surface area contributed by atoms with Crippen LogP contribution in [0, 0.1) is 6.92 Å². The molecule has 4 aromatic rings. The van der Waals surface area contributed by atoms with Crippen LogP contribution in [0.15, 0.2) is 55.0 Å². The smallest absolute Gasteiger partial charge is 0.155 e. The Hall–Kier alpha value is -2.63. The summed E-state index contributed by atoms with van der Waals surface area (Å²) < 4.78 is 1.77. The molecule has 1 atom stereocenters. The number of pyridine rings is 1. The zero-order valence-electron chi connectivity index (χ0n) is 15.5. The molecule has 0 saturated heterocycles. The first-order valence-corrected chi connectivity index (χ1v) is 9.67. The number of hydrogen-bond acceptors (Lipinski definition) is 3. The minimum Gasteiger partial charge on any atom is -0.312 e. The van der Waals surface area contributed by atoms with Crippen molar-refractivity contribution in [1.29, 1.82) is 0 Å². The lowest BCUT2D eigenvalue weighted by Crippen LogP contribution is -2.33. The van der Waals surface area contributed by atoms with Gasteiger partial charge in [-0.3, -0.25) is 0 Å². The van der Waals surface area contributed by atoms with E-state index < -0.39 is 0 Å². The van der Waals surface area contributed by atoms with Gasteiger partial charge in [0.2, 0.25) is 0 Å². The minimum atomic E-state index is 0.258. The van der Waals surface area contributed by atoms with Crippen molar-refractivity contribution in [2.24, 2.45) is 0 Å². The van der Waals surface area contributed by atoms with Gasteiger partial charge in [0.05, 0.1) is 0 Å². The number of hydrogen-bond donors (Lipinski definition) is 1. The SMILES string of the molecule is [B]c1c(-c2ccc3ncnn3c2)ccc2c1CNCC2c1ccc(Cl)c(C)c1. The van der Waals surface area contributed by atoms with E-state index in [-0.39, 0.29) is 5.92 Å². The van der Waals surface area contributed by atoms with Crippen LogP contribution in [0.5, 0.6) is 0 Å². The van der Waals surface area contributed by atoms with Gasteiger partial charge in [-0.25, -0.2) is 9.50 Å². The van der Waals surface area contributed by atoms with Crippen molar-refractivity contribution >= 4 is 30.6 Å². The van der Waals surface area contributed by atoms with Crippen molar-refractivity contribution in [2.75, 3.05) is 6.54 Å². The van der Waals surface area contributed by atoms with Gasteiger partial charge in [-0.15, -0.1) is 0 Å². The van der Waals surface area contributed by atoms with E-state index in [2.05, 4.69) is 39.7 Å². The number of rotatable bonds is 2. The summed E-state index contributed by atoms with van der Waals surface area (Å²) in [4.78, 5) is 4.20. The Bertz CT molecular complexity index is 1200. The maximum atomic E-state index is 6.64. The second kappa shape index (κ2) is 6.76. The lowest BCUT2D eigenvalue weighted by atomic mass is 9.75. The molecular weight excluding hydrogens is 367 g/mol. The van der Waals surface area contributed by atoms with E-state index in [1.54, 1.807) is 10.8 Å². The molecule has 4 nitrogen and oxygen atoms in total. The fourth-order valence-electron chi connectivity index (χ4n) is 4.07. The largest absolute Gasteiger partial charge is 0.312 e. The molecule has 5 rings (SSSR count). The van der Waals surface area contributed by atoms with Crippen LogP contribution in [0.25, 0.3) is 16.8 Å². The number of aryl methyl sites for hydroxylation is 1. The molecule has 0 saturated carbocycles. The van der Waals surface area contributed by atoms with Gasteiger partial charge in [0.25, 0.3) is 0 Å². The Balaban J connectivity index is 1.60. The first-order chi connectivity index (χ1) is 13.6. The van der Waals surface area contributed by atoms with E-state index in [4.69, 9.17) is 19.4 Å². The maximum absolute atomic E-state index is 6.64.